The largest absolute Gasteiger partial charge is 0.373 e. The molecular formula is C24H25N4O2+. The number of amides is 1. The molecule has 3 aromatic rings. The third kappa shape index (κ3) is 3.24. The number of carbonyl (C=O) groups is 1. The Balaban J connectivity index is 1.33. The SMILES string of the molecule is CC1NC(O)c2cc3ccc(C(=O)NC4=C[N+](Cc5ccccc5)=C4)cc3n2C1C. The van der Waals surface area contributed by atoms with Gasteiger partial charge in [-0.25, -0.2) is 0 Å². The molecule has 6 heteroatoms. The highest BCUT2D eigenvalue weighted by Crippen LogP contribution is 2.33. The summed E-state index contributed by atoms with van der Waals surface area (Å²) < 4.78 is 4.18. The summed E-state index contributed by atoms with van der Waals surface area (Å²) in [7, 11) is 0. The molecule has 30 heavy (non-hydrogen) atoms. The maximum absolute atomic E-state index is 12.8. The molecule has 3 atom stereocenters. The van der Waals surface area contributed by atoms with Gasteiger partial charge in [0, 0.05) is 34.1 Å². The first kappa shape index (κ1) is 18.8. The second-order valence-corrected chi connectivity index (χ2v) is 8.14. The molecule has 1 aromatic heterocycles. The van der Waals surface area contributed by atoms with Crippen molar-refractivity contribution in [2.75, 3.05) is 0 Å². The van der Waals surface area contributed by atoms with Gasteiger partial charge < -0.3 is 15.0 Å². The van der Waals surface area contributed by atoms with Crippen LogP contribution in [0.3, 0.4) is 0 Å². The molecule has 3 heterocycles. The quantitative estimate of drug-likeness (QED) is 0.589. The number of fused-ring (bicyclic) bond motifs is 3. The van der Waals surface area contributed by atoms with Crippen LogP contribution in [0.5, 0.6) is 0 Å². The van der Waals surface area contributed by atoms with Crippen LogP contribution < -0.4 is 10.6 Å². The van der Waals surface area contributed by atoms with Crippen LogP contribution in [0.1, 0.15) is 47.7 Å². The Kier molecular flexibility index (Phi) is 4.53. The molecule has 6 nitrogen and oxygen atoms in total. The minimum atomic E-state index is -0.703. The van der Waals surface area contributed by atoms with Gasteiger partial charge in [0.25, 0.3) is 5.91 Å². The summed E-state index contributed by atoms with van der Waals surface area (Å²) in [6.07, 6.45) is 3.18. The molecule has 0 fully saturated rings. The maximum atomic E-state index is 12.8. The summed E-state index contributed by atoms with van der Waals surface area (Å²) >= 11 is 0. The standard InChI is InChI=1S/C24H24N4O2/c1-15-16(2)28-21-11-19(9-8-18(21)10-22(28)24(30)25-15)23(29)26-20-13-27(14-20)12-17-6-4-3-5-7-17/h3-11,13-16,24-25,30H,12H2,1-2H3/p+1. The van der Waals surface area contributed by atoms with Crippen molar-refractivity contribution >= 4 is 23.0 Å². The molecule has 2 aliphatic rings. The minimum Gasteiger partial charge on any atom is -0.373 e. The van der Waals surface area contributed by atoms with Crippen LogP contribution in [0.25, 0.3) is 10.9 Å². The van der Waals surface area contributed by atoms with Gasteiger partial charge in [-0.1, -0.05) is 36.4 Å². The number of benzene rings is 2. The van der Waals surface area contributed by atoms with Crippen molar-refractivity contribution < 1.29 is 14.5 Å². The van der Waals surface area contributed by atoms with Gasteiger partial charge in [-0.2, -0.15) is 4.58 Å². The predicted octanol–water partition coefficient (Wildman–Crippen LogP) is 3.05. The van der Waals surface area contributed by atoms with Gasteiger partial charge >= 0.3 is 0 Å². The van der Waals surface area contributed by atoms with E-state index < -0.39 is 6.23 Å². The van der Waals surface area contributed by atoms with Crippen LogP contribution in [0.15, 0.2) is 66.5 Å². The Morgan fingerprint density at radius 1 is 1.17 bits per heavy atom. The fraction of sp³-hybridized carbons (Fsp3) is 0.250. The number of hydrogen-bond donors (Lipinski definition) is 3. The molecule has 0 aliphatic carbocycles. The van der Waals surface area contributed by atoms with Gasteiger partial charge in [0.05, 0.1) is 5.69 Å². The summed E-state index contributed by atoms with van der Waals surface area (Å²) in [5.74, 6) is -0.135. The number of rotatable bonds is 4. The lowest BCUT2D eigenvalue weighted by Gasteiger charge is -2.34. The zero-order chi connectivity index (χ0) is 20.8. The van der Waals surface area contributed by atoms with Gasteiger partial charge in [0.1, 0.15) is 6.23 Å². The van der Waals surface area contributed by atoms with E-state index in [9.17, 15) is 9.90 Å². The van der Waals surface area contributed by atoms with Crippen molar-refractivity contribution in [1.29, 1.82) is 0 Å². The fourth-order valence-corrected chi connectivity index (χ4v) is 4.25. The molecule has 5 rings (SSSR count). The highest BCUT2D eigenvalue weighted by molar-refractivity contribution is 6.01. The third-order valence-corrected chi connectivity index (χ3v) is 6.04. The lowest BCUT2D eigenvalue weighted by molar-refractivity contribution is -0.481. The zero-order valence-electron chi connectivity index (χ0n) is 17.0. The first-order valence-corrected chi connectivity index (χ1v) is 10.3. The fourth-order valence-electron chi connectivity index (χ4n) is 4.25. The Bertz CT molecular complexity index is 1190. The van der Waals surface area contributed by atoms with Crippen LogP contribution in [0, 0.1) is 0 Å². The van der Waals surface area contributed by atoms with E-state index in [1.807, 2.05) is 54.9 Å². The van der Waals surface area contributed by atoms with Crippen LogP contribution >= 0.6 is 0 Å². The molecule has 0 spiro atoms. The normalized spacial score (nSPS) is 22.7. The Morgan fingerprint density at radius 3 is 2.70 bits per heavy atom. The van der Waals surface area contributed by atoms with Crippen molar-refractivity contribution in [1.82, 2.24) is 15.2 Å². The molecule has 1 amide bonds. The van der Waals surface area contributed by atoms with Crippen LogP contribution in [-0.2, 0) is 6.54 Å². The molecular weight excluding hydrogens is 376 g/mol. The lowest BCUT2D eigenvalue weighted by Crippen LogP contribution is -2.42. The monoisotopic (exact) mass is 401 g/mol. The van der Waals surface area contributed by atoms with E-state index in [0.717, 1.165) is 28.8 Å². The van der Waals surface area contributed by atoms with Gasteiger partial charge in [-0.05, 0) is 32.0 Å². The second-order valence-electron chi connectivity index (χ2n) is 8.14. The van der Waals surface area contributed by atoms with Crippen molar-refractivity contribution in [3.63, 3.8) is 0 Å². The van der Waals surface area contributed by atoms with Gasteiger partial charge in [-0.3, -0.25) is 10.1 Å². The van der Waals surface area contributed by atoms with Crippen LogP contribution in [0.2, 0.25) is 0 Å². The first-order valence-electron chi connectivity index (χ1n) is 10.3. The smallest absolute Gasteiger partial charge is 0.256 e. The van der Waals surface area contributed by atoms with Gasteiger partial charge in [0.2, 0.25) is 0 Å². The van der Waals surface area contributed by atoms with E-state index in [0.29, 0.717) is 5.56 Å². The number of aromatic nitrogens is 1. The van der Waals surface area contributed by atoms with E-state index in [2.05, 4.69) is 45.8 Å². The molecule has 0 radical (unpaired) electrons. The predicted molar refractivity (Wildman–Crippen MR) is 116 cm³/mol. The Hall–Kier alpha value is -3.22. The first-order chi connectivity index (χ1) is 14.5. The molecule has 0 saturated heterocycles. The van der Waals surface area contributed by atoms with E-state index in [1.54, 1.807) is 0 Å². The third-order valence-electron chi connectivity index (χ3n) is 6.04. The van der Waals surface area contributed by atoms with Crippen molar-refractivity contribution in [3.05, 3.63) is 83.3 Å². The average Bonchev–Trinajstić information content (AvgIpc) is 3.10. The van der Waals surface area contributed by atoms with E-state index in [4.69, 9.17) is 0 Å². The van der Waals surface area contributed by atoms with Crippen molar-refractivity contribution in [2.24, 2.45) is 0 Å². The van der Waals surface area contributed by atoms with Crippen molar-refractivity contribution in [3.8, 4) is 0 Å². The number of allylic oxidation sites excluding steroid dienone is 1. The number of aliphatic hydroxyl groups excluding tert-OH is 1. The molecule has 152 valence electrons. The van der Waals surface area contributed by atoms with E-state index in [1.165, 1.54) is 5.56 Å². The summed E-state index contributed by atoms with van der Waals surface area (Å²) in [6.45, 7) is 4.96. The molecule has 2 aliphatic heterocycles. The Labute approximate surface area is 175 Å². The van der Waals surface area contributed by atoms with Crippen LogP contribution in [0.4, 0.5) is 0 Å². The number of hydrogen-bond acceptors (Lipinski definition) is 3. The number of nitrogens with one attached hydrogen (secondary N) is 2. The molecule has 3 N–H and O–H groups in total. The Morgan fingerprint density at radius 2 is 1.93 bits per heavy atom. The average molecular weight is 401 g/mol. The molecule has 3 unspecified atom stereocenters. The highest BCUT2D eigenvalue weighted by atomic mass is 16.3. The zero-order valence-corrected chi connectivity index (χ0v) is 17.0. The molecule has 2 aromatic carbocycles. The maximum Gasteiger partial charge on any atom is 0.256 e. The van der Waals surface area contributed by atoms with E-state index >= 15 is 0 Å². The minimum absolute atomic E-state index is 0.130. The van der Waals surface area contributed by atoms with E-state index in [-0.39, 0.29) is 18.0 Å². The summed E-state index contributed by atoms with van der Waals surface area (Å²) in [5.41, 5.74) is 4.43. The number of aliphatic hydroxyl groups is 1. The molecule has 0 saturated carbocycles. The van der Waals surface area contributed by atoms with Gasteiger partial charge in [-0.15, -0.1) is 0 Å². The number of carbonyl (C=O) groups excluding carboxylic acids is 1. The summed E-state index contributed by atoms with van der Waals surface area (Å²) in [4.78, 5) is 12.8. The second kappa shape index (κ2) is 7.23. The highest BCUT2D eigenvalue weighted by Gasteiger charge is 2.30. The van der Waals surface area contributed by atoms with Crippen LogP contribution in [-0.4, -0.2) is 32.4 Å². The summed E-state index contributed by atoms with van der Waals surface area (Å²) in [5, 5.41) is 17.6. The topological polar surface area (TPSA) is 69.3 Å². The summed E-state index contributed by atoms with van der Waals surface area (Å²) in [6, 6.07) is 18.2. The van der Waals surface area contributed by atoms with Gasteiger partial charge in [0.15, 0.2) is 24.7 Å². The number of nitrogens with zero attached hydrogens (tertiary/aromatic N) is 2. The molecule has 0 bridgehead atoms. The lowest BCUT2D eigenvalue weighted by atomic mass is 10.1. The van der Waals surface area contributed by atoms with Crippen molar-refractivity contribution in [2.45, 2.75) is 38.7 Å².